The van der Waals surface area contributed by atoms with Gasteiger partial charge >= 0.3 is 0 Å². The van der Waals surface area contributed by atoms with Crippen molar-refractivity contribution in [3.8, 4) is 27.9 Å². The molecule has 0 aliphatic rings. The molecular formula is C49H35N. The molecule has 0 amide bonds. The Balaban J connectivity index is 1.20. The van der Waals surface area contributed by atoms with E-state index in [2.05, 4.69) is 194 Å². The largest absolute Gasteiger partial charge is 0.309 e. The van der Waals surface area contributed by atoms with Gasteiger partial charge < -0.3 is 4.57 Å². The van der Waals surface area contributed by atoms with E-state index in [1.54, 1.807) is 0 Å². The fraction of sp³-hybridized carbons (Fsp3) is 0.0612. The van der Waals surface area contributed by atoms with E-state index in [-0.39, 0.29) is 5.41 Å². The van der Waals surface area contributed by atoms with Crippen molar-refractivity contribution in [2.45, 2.75) is 19.3 Å². The first-order valence-electron chi connectivity index (χ1n) is 17.5. The third-order valence-corrected chi connectivity index (χ3v) is 11.0. The van der Waals surface area contributed by atoms with E-state index in [0.29, 0.717) is 0 Å². The van der Waals surface area contributed by atoms with Gasteiger partial charge in [-0.05, 0) is 96.0 Å². The molecule has 0 spiro atoms. The van der Waals surface area contributed by atoms with Gasteiger partial charge in [-0.25, -0.2) is 0 Å². The first-order chi connectivity index (χ1) is 24.6. The van der Waals surface area contributed by atoms with E-state index >= 15 is 0 Å². The van der Waals surface area contributed by atoms with Gasteiger partial charge in [-0.1, -0.05) is 159 Å². The zero-order chi connectivity index (χ0) is 33.4. The molecule has 1 aromatic heterocycles. The second-order valence-electron chi connectivity index (χ2n) is 14.1. The molecule has 10 rings (SSSR count). The SMILES string of the molecule is CC(C)(c1ccccc1)c1cc2ccc3c(-c4ccccc4)cc(-c4ccc(-n5c6ccccc6c6ccccc65)cc4)c4ccc(c1)c2c34. The predicted molar refractivity (Wildman–Crippen MR) is 214 cm³/mol. The van der Waals surface area contributed by atoms with Gasteiger partial charge in [0.2, 0.25) is 0 Å². The molecule has 0 unspecified atom stereocenters. The second-order valence-corrected chi connectivity index (χ2v) is 14.1. The smallest absolute Gasteiger partial charge is 0.0541 e. The Morgan fingerprint density at radius 1 is 0.380 bits per heavy atom. The Hall–Kier alpha value is -6.18. The third-order valence-electron chi connectivity index (χ3n) is 11.0. The summed E-state index contributed by atoms with van der Waals surface area (Å²) < 4.78 is 2.39. The molecule has 0 bridgehead atoms. The summed E-state index contributed by atoms with van der Waals surface area (Å²) in [5.41, 5.74) is 11.1. The Morgan fingerprint density at radius 3 is 1.46 bits per heavy atom. The van der Waals surface area contributed by atoms with Gasteiger partial charge in [-0.3, -0.25) is 0 Å². The quantitative estimate of drug-likeness (QED) is 0.166. The Kier molecular flexibility index (Phi) is 6.29. The van der Waals surface area contributed by atoms with Crippen molar-refractivity contribution in [3.63, 3.8) is 0 Å². The monoisotopic (exact) mass is 637 g/mol. The molecule has 0 saturated carbocycles. The molecule has 0 saturated heterocycles. The summed E-state index contributed by atoms with van der Waals surface area (Å²) in [5, 5.41) is 10.4. The maximum absolute atomic E-state index is 2.42. The highest BCUT2D eigenvalue weighted by Crippen LogP contribution is 2.46. The topological polar surface area (TPSA) is 4.93 Å². The minimum absolute atomic E-state index is 0.121. The molecule has 0 aliphatic heterocycles. The summed E-state index contributed by atoms with van der Waals surface area (Å²) in [5.74, 6) is 0. The fourth-order valence-electron chi connectivity index (χ4n) is 8.38. The number of hydrogen-bond acceptors (Lipinski definition) is 0. The lowest BCUT2D eigenvalue weighted by Gasteiger charge is -2.27. The van der Waals surface area contributed by atoms with Crippen LogP contribution in [0.1, 0.15) is 25.0 Å². The molecule has 0 N–H and O–H groups in total. The zero-order valence-corrected chi connectivity index (χ0v) is 28.2. The van der Waals surface area contributed by atoms with E-state index in [0.717, 1.165) is 0 Å². The van der Waals surface area contributed by atoms with Crippen molar-refractivity contribution in [2.75, 3.05) is 0 Å². The lowest BCUT2D eigenvalue weighted by atomic mass is 9.76. The van der Waals surface area contributed by atoms with Crippen molar-refractivity contribution in [2.24, 2.45) is 0 Å². The van der Waals surface area contributed by atoms with Gasteiger partial charge in [0.1, 0.15) is 0 Å². The van der Waals surface area contributed by atoms with Crippen LogP contribution in [0.4, 0.5) is 0 Å². The van der Waals surface area contributed by atoms with Gasteiger partial charge in [0.15, 0.2) is 0 Å². The van der Waals surface area contributed by atoms with Gasteiger partial charge in [-0.15, -0.1) is 0 Å². The van der Waals surface area contributed by atoms with Crippen LogP contribution in [0.15, 0.2) is 176 Å². The van der Waals surface area contributed by atoms with Gasteiger partial charge in [0, 0.05) is 21.9 Å². The summed E-state index contributed by atoms with van der Waals surface area (Å²) in [6.07, 6.45) is 0. The zero-order valence-electron chi connectivity index (χ0n) is 28.2. The predicted octanol–water partition coefficient (Wildman–Crippen LogP) is 13.3. The van der Waals surface area contributed by atoms with Crippen molar-refractivity contribution >= 4 is 54.1 Å². The fourth-order valence-corrected chi connectivity index (χ4v) is 8.38. The maximum atomic E-state index is 2.42. The van der Waals surface area contributed by atoms with Gasteiger partial charge in [0.05, 0.1) is 11.0 Å². The van der Waals surface area contributed by atoms with Crippen molar-refractivity contribution < 1.29 is 0 Å². The first kappa shape index (κ1) is 28.8. The molecule has 10 aromatic rings. The van der Waals surface area contributed by atoms with Gasteiger partial charge in [0.25, 0.3) is 0 Å². The normalized spacial score (nSPS) is 12.2. The van der Waals surface area contributed by atoms with Crippen LogP contribution < -0.4 is 0 Å². The van der Waals surface area contributed by atoms with E-state index in [9.17, 15) is 0 Å². The number of para-hydroxylation sites is 2. The van der Waals surface area contributed by atoms with Crippen LogP contribution in [0.25, 0.3) is 82.1 Å². The highest BCUT2D eigenvalue weighted by Gasteiger charge is 2.25. The van der Waals surface area contributed by atoms with Crippen molar-refractivity contribution in [1.29, 1.82) is 0 Å². The Labute approximate surface area is 292 Å². The standard InChI is InChI=1S/C49H35N/c1-49(2,36-15-7-4-8-16-36)37-29-34-23-27-41-43(32-13-5-3-6-14-32)31-44(42-28-24-35(30-37)47(34)48(41)42)33-21-25-38(26-22-33)50-45-19-11-9-17-39(45)40-18-10-12-20-46(40)50/h3-31H,1-2H3. The van der Waals surface area contributed by atoms with Crippen molar-refractivity contribution in [3.05, 3.63) is 187 Å². The molecule has 236 valence electrons. The van der Waals surface area contributed by atoms with E-state index in [1.807, 2.05) is 0 Å². The molecule has 9 aromatic carbocycles. The molecule has 0 atom stereocenters. The van der Waals surface area contributed by atoms with Crippen LogP contribution in [0, 0.1) is 0 Å². The molecule has 1 nitrogen and oxygen atoms in total. The summed E-state index contributed by atoms with van der Waals surface area (Å²) in [4.78, 5) is 0. The highest BCUT2D eigenvalue weighted by molar-refractivity contribution is 6.28. The molecule has 0 radical (unpaired) electrons. The number of fused-ring (bicyclic) bond motifs is 3. The first-order valence-corrected chi connectivity index (χ1v) is 17.5. The maximum Gasteiger partial charge on any atom is 0.0541 e. The van der Waals surface area contributed by atoms with Crippen LogP contribution in [0.5, 0.6) is 0 Å². The Bertz CT molecular complexity index is 2780. The third kappa shape index (κ3) is 4.27. The molecule has 1 heterocycles. The minimum Gasteiger partial charge on any atom is -0.309 e. The average molecular weight is 638 g/mol. The summed E-state index contributed by atoms with van der Waals surface area (Å²) >= 11 is 0. The van der Waals surface area contributed by atoms with E-state index < -0.39 is 0 Å². The summed E-state index contributed by atoms with van der Waals surface area (Å²) in [6.45, 7) is 4.67. The average Bonchev–Trinajstić information content (AvgIpc) is 3.52. The second kappa shape index (κ2) is 10.9. The molecule has 50 heavy (non-hydrogen) atoms. The molecule has 0 aliphatic carbocycles. The van der Waals surface area contributed by atoms with E-state index in [4.69, 9.17) is 0 Å². The highest BCUT2D eigenvalue weighted by atomic mass is 15.0. The van der Waals surface area contributed by atoms with Crippen molar-refractivity contribution in [1.82, 2.24) is 4.57 Å². The lowest BCUT2D eigenvalue weighted by molar-refractivity contribution is 0.642. The summed E-state index contributed by atoms with van der Waals surface area (Å²) in [7, 11) is 0. The van der Waals surface area contributed by atoms with Crippen LogP contribution in [0.3, 0.4) is 0 Å². The van der Waals surface area contributed by atoms with Gasteiger partial charge in [-0.2, -0.15) is 0 Å². The van der Waals surface area contributed by atoms with Crippen LogP contribution in [0.2, 0.25) is 0 Å². The lowest BCUT2D eigenvalue weighted by Crippen LogP contribution is -2.18. The van der Waals surface area contributed by atoms with Crippen LogP contribution in [-0.2, 0) is 5.41 Å². The molecule has 0 fully saturated rings. The molecule has 1 heteroatoms. The summed E-state index contributed by atoms with van der Waals surface area (Å²) in [6, 6.07) is 65.0. The molecular weight excluding hydrogens is 603 g/mol. The Morgan fingerprint density at radius 2 is 0.880 bits per heavy atom. The number of aromatic nitrogens is 1. The number of nitrogens with zero attached hydrogens (tertiary/aromatic N) is 1. The van der Waals surface area contributed by atoms with Crippen LogP contribution >= 0.6 is 0 Å². The number of rotatable bonds is 5. The van der Waals surface area contributed by atoms with Crippen LogP contribution in [-0.4, -0.2) is 4.57 Å². The minimum atomic E-state index is -0.121. The number of hydrogen-bond donors (Lipinski definition) is 0. The number of benzene rings is 9. The van der Waals surface area contributed by atoms with E-state index in [1.165, 1.54) is 93.2 Å².